The molecule has 0 saturated heterocycles. The maximum atomic E-state index is 13.6. The number of nitrogens with zero attached hydrogens (tertiary/aromatic N) is 1. The van der Waals surface area contributed by atoms with Gasteiger partial charge in [0.1, 0.15) is 0 Å². The normalized spacial score (nSPS) is 16.1. The van der Waals surface area contributed by atoms with Gasteiger partial charge in [0, 0.05) is 17.2 Å². The number of thioether (sulfide) groups is 1. The molecular weight excluding hydrogens is 438 g/mol. The summed E-state index contributed by atoms with van der Waals surface area (Å²) in [5.41, 5.74) is 2.68. The third kappa shape index (κ3) is 4.09. The molecule has 3 aromatic carbocycles. The van der Waals surface area contributed by atoms with E-state index in [9.17, 15) is 4.79 Å². The van der Waals surface area contributed by atoms with Crippen molar-refractivity contribution in [1.82, 2.24) is 4.90 Å². The van der Waals surface area contributed by atoms with Crippen LogP contribution < -0.4 is 18.9 Å². The fraction of sp³-hybridized carbons (Fsp3) is 0.269. The van der Waals surface area contributed by atoms with Crippen molar-refractivity contribution in [2.75, 3.05) is 33.3 Å². The van der Waals surface area contributed by atoms with E-state index in [2.05, 4.69) is 12.1 Å². The molecule has 1 atom stereocenters. The summed E-state index contributed by atoms with van der Waals surface area (Å²) >= 11 is 1.75. The number of ether oxygens (including phenoxy) is 4. The van der Waals surface area contributed by atoms with Gasteiger partial charge in [0.2, 0.25) is 6.79 Å². The number of rotatable bonds is 8. The minimum atomic E-state index is -0.0634. The van der Waals surface area contributed by atoms with E-state index in [1.807, 2.05) is 53.4 Å². The van der Waals surface area contributed by atoms with Gasteiger partial charge in [-0.15, -0.1) is 11.8 Å². The molecular formula is C26H25NO5S. The van der Waals surface area contributed by atoms with E-state index >= 15 is 0 Å². The van der Waals surface area contributed by atoms with Crippen molar-refractivity contribution in [3.63, 3.8) is 0 Å². The van der Waals surface area contributed by atoms with E-state index in [1.54, 1.807) is 26.0 Å². The van der Waals surface area contributed by atoms with Gasteiger partial charge in [-0.25, -0.2) is 0 Å². The van der Waals surface area contributed by atoms with Crippen molar-refractivity contribution in [3.05, 3.63) is 77.4 Å². The van der Waals surface area contributed by atoms with Crippen LogP contribution in [0.2, 0.25) is 0 Å². The first-order valence-corrected chi connectivity index (χ1v) is 11.8. The molecule has 3 aromatic rings. The molecule has 0 radical (unpaired) electrons. The van der Waals surface area contributed by atoms with Gasteiger partial charge in [0.15, 0.2) is 23.0 Å². The molecule has 0 saturated carbocycles. The largest absolute Gasteiger partial charge is 0.493 e. The topological polar surface area (TPSA) is 57.2 Å². The molecule has 2 aliphatic heterocycles. The van der Waals surface area contributed by atoms with Crippen LogP contribution in [-0.4, -0.2) is 44.1 Å². The predicted octanol–water partition coefficient (Wildman–Crippen LogP) is 4.96. The number of fused-ring (bicyclic) bond motifs is 2. The van der Waals surface area contributed by atoms with Crippen molar-refractivity contribution >= 4 is 17.7 Å². The number of hydrogen-bond donors (Lipinski definition) is 0. The molecule has 7 heteroatoms. The highest BCUT2D eigenvalue weighted by molar-refractivity contribution is 7.99. The van der Waals surface area contributed by atoms with Crippen LogP contribution in [0.25, 0.3) is 0 Å². The lowest BCUT2D eigenvalue weighted by Gasteiger charge is -2.25. The quantitative estimate of drug-likeness (QED) is 0.440. The number of carbonyl (C=O) groups is 1. The maximum absolute atomic E-state index is 13.6. The van der Waals surface area contributed by atoms with Crippen LogP contribution >= 0.6 is 11.8 Å². The second-order valence-electron chi connectivity index (χ2n) is 7.84. The molecule has 1 unspecified atom stereocenters. The Morgan fingerprint density at radius 1 is 1.00 bits per heavy atom. The van der Waals surface area contributed by atoms with Gasteiger partial charge < -0.3 is 23.8 Å². The van der Waals surface area contributed by atoms with E-state index in [0.717, 1.165) is 28.4 Å². The van der Waals surface area contributed by atoms with E-state index in [1.165, 1.54) is 4.90 Å². The zero-order valence-corrected chi connectivity index (χ0v) is 19.4. The van der Waals surface area contributed by atoms with Gasteiger partial charge in [0.05, 0.1) is 25.8 Å². The van der Waals surface area contributed by atoms with Crippen molar-refractivity contribution in [1.29, 1.82) is 0 Å². The highest BCUT2D eigenvalue weighted by atomic mass is 32.2. The van der Waals surface area contributed by atoms with Crippen LogP contribution in [0.3, 0.4) is 0 Å². The summed E-state index contributed by atoms with van der Waals surface area (Å²) in [6.45, 7) is 0.831. The SMILES string of the molecule is COc1ccc2c(c1OC)C(=O)N(CCc1ccc3c(c1)OCO3)C2CSc1ccccc1. The molecule has 0 aliphatic carbocycles. The second-order valence-corrected chi connectivity index (χ2v) is 8.93. The molecule has 6 nitrogen and oxygen atoms in total. The van der Waals surface area contributed by atoms with E-state index < -0.39 is 0 Å². The average Bonchev–Trinajstić information content (AvgIpc) is 3.43. The summed E-state index contributed by atoms with van der Waals surface area (Å²) < 4.78 is 22.0. The molecule has 2 aliphatic rings. The Kier molecular flexibility index (Phi) is 6.05. The summed E-state index contributed by atoms with van der Waals surface area (Å²) in [4.78, 5) is 16.7. The van der Waals surface area contributed by atoms with Crippen LogP contribution in [-0.2, 0) is 6.42 Å². The lowest BCUT2D eigenvalue weighted by molar-refractivity contribution is 0.0740. The van der Waals surface area contributed by atoms with Crippen molar-refractivity contribution < 1.29 is 23.7 Å². The number of carbonyl (C=O) groups excluding carboxylic acids is 1. The Bertz CT molecular complexity index is 1170. The number of benzene rings is 3. The molecule has 0 bridgehead atoms. The van der Waals surface area contributed by atoms with Crippen LogP contribution in [0.4, 0.5) is 0 Å². The van der Waals surface area contributed by atoms with Crippen LogP contribution in [0.15, 0.2) is 65.6 Å². The monoisotopic (exact) mass is 463 g/mol. The van der Waals surface area contributed by atoms with Gasteiger partial charge in [-0.05, 0) is 47.9 Å². The van der Waals surface area contributed by atoms with E-state index in [-0.39, 0.29) is 18.7 Å². The summed E-state index contributed by atoms with van der Waals surface area (Å²) in [7, 11) is 3.16. The smallest absolute Gasteiger partial charge is 0.258 e. The standard InChI is InChI=1S/C26H25NO5S/c1-29-22-11-9-19-20(15-33-18-6-4-3-5-7-18)27(26(28)24(19)25(22)30-2)13-12-17-8-10-21-23(14-17)32-16-31-21/h3-11,14,20H,12-13,15-16H2,1-2H3. The summed E-state index contributed by atoms with van der Waals surface area (Å²) in [6.07, 6.45) is 0.711. The third-order valence-corrected chi connectivity index (χ3v) is 7.11. The molecule has 0 aromatic heterocycles. The lowest BCUT2D eigenvalue weighted by Crippen LogP contribution is -2.31. The van der Waals surface area contributed by atoms with E-state index in [4.69, 9.17) is 18.9 Å². The highest BCUT2D eigenvalue weighted by Gasteiger charge is 2.40. The summed E-state index contributed by atoms with van der Waals surface area (Å²) in [5.74, 6) is 3.31. The number of hydrogen-bond acceptors (Lipinski definition) is 6. The van der Waals surface area contributed by atoms with Crippen LogP contribution in [0, 0.1) is 0 Å². The lowest BCUT2D eigenvalue weighted by atomic mass is 10.0. The Hall–Kier alpha value is -3.32. The van der Waals surface area contributed by atoms with Crippen molar-refractivity contribution in [2.45, 2.75) is 17.4 Å². The summed E-state index contributed by atoms with van der Waals surface area (Å²) in [6, 6.07) is 20.0. The van der Waals surface area contributed by atoms with Gasteiger partial charge in [-0.1, -0.05) is 30.3 Å². The Labute approximate surface area is 197 Å². The van der Waals surface area contributed by atoms with Gasteiger partial charge >= 0.3 is 0 Å². The Morgan fingerprint density at radius 2 is 1.82 bits per heavy atom. The average molecular weight is 464 g/mol. The predicted molar refractivity (Wildman–Crippen MR) is 127 cm³/mol. The molecule has 0 spiro atoms. The molecule has 0 fully saturated rings. The molecule has 2 heterocycles. The highest BCUT2D eigenvalue weighted by Crippen LogP contribution is 2.45. The first-order valence-electron chi connectivity index (χ1n) is 10.8. The van der Waals surface area contributed by atoms with Gasteiger partial charge in [0.25, 0.3) is 5.91 Å². The van der Waals surface area contributed by atoms with Crippen molar-refractivity contribution in [2.24, 2.45) is 0 Å². The van der Waals surface area contributed by atoms with E-state index in [0.29, 0.717) is 30.0 Å². The van der Waals surface area contributed by atoms with Gasteiger partial charge in [-0.3, -0.25) is 4.79 Å². The fourth-order valence-corrected chi connectivity index (χ4v) is 5.43. The number of amides is 1. The molecule has 1 amide bonds. The van der Waals surface area contributed by atoms with Gasteiger partial charge in [-0.2, -0.15) is 0 Å². The zero-order chi connectivity index (χ0) is 22.8. The Morgan fingerprint density at radius 3 is 2.61 bits per heavy atom. The molecule has 5 rings (SSSR count). The number of methoxy groups -OCH3 is 2. The third-order valence-electron chi connectivity index (χ3n) is 6.02. The second kappa shape index (κ2) is 9.27. The maximum Gasteiger partial charge on any atom is 0.258 e. The van der Waals surface area contributed by atoms with Crippen LogP contribution in [0.5, 0.6) is 23.0 Å². The zero-order valence-electron chi connectivity index (χ0n) is 18.6. The molecule has 170 valence electrons. The molecule has 33 heavy (non-hydrogen) atoms. The molecule has 0 N–H and O–H groups in total. The minimum Gasteiger partial charge on any atom is -0.493 e. The summed E-state index contributed by atoms with van der Waals surface area (Å²) in [5, 5.41) is 0. The first-order chi connectivity index (χ1) is 16.2. The minimum absolute atomic E-state index is 0.0276. The van der Waals surface area contributed by atoms with Crippen molar-refractivity contribution in [3.8, 4) is 23.0 Å². The van der Waals surface area contributed by atoms with Crippen LogP contribution in [0.1, 0.15) is 27.5 Å². The Balaban J connectivity index is 1.42. The fourth-order valence-electron chi connectivity index (χ4n) is 4.37. The first kappa shape index (κ1) is 21.5.